The van der Waals surface area contributed by atoms with Crippen molar-refractivity contribution in [3.63, 3.8) is 0 Å². The lowest BCUT2D eigenvalue weighted by Gasteiger charge is -2.11. The second kappa shape index (κ2) is 7.56. The molecule has 0 aliphatic carbocycles. The highest BCUT2D eigenvalue weighted by Crippen LogP contribution is 2.23. The standard InChI is InChI=1S/C17H20O3/c1-14-10-16(19-9-5-8-18)12-17(11-14)20-13-15-6-3-2-4-7-15/h2-4,6-7,10-12,18H,5,8-9,13H2,1H3. The molecule has 0 aromatic heterocycles. The predicted molar refractivity (Wildman–Crippen MR) is 79.2 cm³/mol. The monoisotopic (exact) mass is 272 g/mol. The van der Waals surface area contributed by atoms with E-state index in [9.17, 15) is 0 Å². The van der Waals surface area contributed by atoms with Gasteiger partial charge in [-0.15, -0.1) is 0 Å². The first-order chi connectivity index (χ1) is 9.78. The van der Waals surface area contributed by atoms with Gasteiger partial charge >= 0.3 is 0 Å². The van der Waals surface area contributed by atoms with Crippen LogP contribution in [-0.2, 0) is 6.61 Å². The van der Waals surface area contributed by atoms with Gasteiger partial charge in [0.05, 0.1) is 6.61 Å². The van der Waals surface area contributed by atoms with Crippen LogP contribution in [0.5, 0.6) is 11.5 Å². The zero-order chi connectivity index (χ0) is 14.2. The van der Waals surface area contributed by atoms with Crippen molar-refractivity contribution in [1.29, 1.82) is 0 Å². The molecule has 106 valence electrons. The van der Waals surface area contributed by atoms with Crippen molar-refractivity contribution < 1.29 is 14.6 Å². The van der Waals surface area contributed by atoms with Crippen LogP contribution in [0.15, 0.2) is 48.5 Å². The van der Waals surface area contributed by atoms with Gasteiger partial charge in [0, 0.05) is 19.1 Å². The molecule has 0 heterocycles. The Morgan fingerprint density at radius 1 is 0.950 bits per heavy atom. The summed E-state index contributed by atoms with van der Waals surface area (Å²) in [4.78, 5) is 0. The van der Waals surface area contributed by atoms with Crippen LogP contribution in [0.25, 0.3) is 0 Å². The van der Waals surface area contributed by atoms with E-state index in [0.29, 0.717) is 19.6 Å². The van der Waals surface area contributed by atoms with Gasteiger partial charge in [-0.1, -0.05) is 30.3 Å². The van der Waals surface area contributed by atoms with Gasteiger partial charge in [0.25, 0.3) is 0 Å². The van der Waals surface area contributed by atoms with Gasteiger partial charge < -0.3 is 14.6 Å². The summed E-state index contributed by atoms with van der Waals surface area (Å²) < 4.78 is 11.4. The molecular formula is C17H20O3. The van der Waals surface area contributed by atoms with E-state index in [1.807, 2.05) is 55.5 Å². The fraction of sp³-hybridized carbons (Fsp3) is 0.294. The van der Waals surface area contributed by atoms with Crippen LogP contribution in [-0.4, -0.2) is 18.3 Å². The van der Waals surface area contributed by atoms with Crippen molar-refractivity contribution in [3.05, 3.63) is 59.7 Å². The molecule has 2 rings (SSSR count). The second-order valence-electron chi connectivity index (χ2n) is 4.68. The van der Waals surface area contributed by atoms with Crippen molar-refractivity contribution in [1.82, 2.24) is 0 Å². The van der Waals surface area contributed by atoms with E-state index in [2.05, 4.69) is 0 Å². The summed E-state index contributed by atoms with van der Waals surface area (Å²) in [6.45, 7) is 3.20. The average molecular weight is 272 g/mol. The Hall–Kier alpha value is -2.00. The fourth-order valence-electron chi connectivity index (χ4n) is 1.88. The maximum absolute atomic E-state index is 8.76. The third kappa shape index (κ3) is 4.59. The van der Waals surface area contributed by atoms with Crippen LogP contribution in [0.2, 0.25) is 0 Å². The summed E-state index contributed by atoms with van der Waals surface area (Å²) in [6.07, 6.45) is 0.633. The van der Waals surface area contributed by atoms with E-state index >= 15 is 0 Å². The first-order valence-corrected chi connectivity index (χ1v) is 6.80. The van der Waals surface area contributed by atoms with Gasteiger partial charge in [-0.3, -0.25) is 0 Å². The lowest BCUT2D eigenvalue weighted by molar-refractivity contribution is 0.232. The van der Waals surface area contributed by atoms with Crippen molar-refractivity contribution in [3.8, 4) is 11.5 Å². The van der Waals surface area contributed by atoms with Crippen LogP contribution in [0.1, 0.15) is 17.5 Å². The molecular weight excluding hydrogens is 252 g/mol. The van der Waals surface area contributed by atoms with E-state index in [4.69, 9.17) is 14.6 Å². The molecule has 3 heteroatoms. The Balaban J connectivity index is 1.97. The number of hydrogen-bond acceptors (Lipinski definition) is 3. The molecule has 1 N–H and O–H groups in total. The maximum Gasteiger partial charge on any atom is 0.123 e. The van der Waals surface area contributed by atoms with Crippen LogP contribution in [0.4, 0.5) is 0 Å². The molecule has 0 amide bonds. The average Bonchev–Trinajstić information content (AvgIpc) is 2.46. The molecule has 0 atom stereocenters. The Kier molecular flexibility index (Phi) is 5.44. The van der Waals surface area contributed by atoms with Crippen LogP contribution < -0.4 is 9.47 Å². The molecule has 0 aliphatic heterocycles. The number of aliphatic hydroxyl groups is 1. The largest absolute Gasteiger partial charge is 0.493 e. The van der Waals surface area contributed by atoms with Gasteiger partial charge in [-0.25, -0.2) is 0 Å². The molecule has 3 nitrogen and oxygen atoms in total. The predicted octanol–water partition coefficient (Wildman–Crippen LogP) is 3.34. The van der Waals surface area contributed by atoms with Gasteiger partial charge in [0.15, 0.2) is 0 Å². The molecule has 2 aromatic rings. The SMILES string of the molecule is Cc1cc(OCCCO)cc(OCc2ccccc2)c1. The molecule has 0 spiro atoms. The van der Waals surface area contributed by atoms with Crippen LogP contribution in [0, 0.1) is 6.92 Å². The Morgan fingerprint density at radius 3 is 2.35 bits per heavy atom. The summed E-state index contributed by atoms with van der Waals surface area (Å²) >= 11 is 0. The molecule has 0 unspecified atom stereocenters. The molecule has 0 saturated heterocycles. The van der Waals surface area contributed by atoms with E-state index < -0.39 is 0 Å². The van der Waals surface area contributed by atoms with Crippen LogP contribution in [0.3, 0.4) is 0 Å². The van der Waals surface area contributed by atoms with Crippen LogP contribution >= 0.6 is 0 Å². The van der Waals surface area contributed by atoms with E-state index in [1.165, 1.54) is 0 Å². The van der Waals surface area contributed by atoms with Crippen molar-refractivity contribution in [2.45, 2.75) is 20.0 Å². The zero-order valence-corrected chi connectivity index (χ0v) is 11.7. The molecule has 0 aliphatic rings. The number of benzene rings is 2. The Morgan fingerprint density at radius 2 is 1.65 bits per heavy atom. The smallest absolute Gasteiger partial charge is 0.123 e. The quantitative estimate of drug-likeness (QED) is 0.786. The highest BCUT2D eigenvalue weighted by Gasteiger charge is 2.01. The second-order valence-corrected chi connectivity index (χ2v) is 4.68. The van der Waals surface area contributed by atoms with Gasteiger partial charge in [-0.05, 0) is 30.2 Å². The summed E-state index contributed by atoms with van der Waals surface area (Å²) in [7, 11) is 0. The topological polar surface area (TPSA) is 38.7 Å². The molecule has 20 heavy (non-hydrogen) atoms. The number of ether oxygens (including phenoxy) is 2. The normalized spacial score (nSPS) is 10.3. The molecule has 0 bridgehead atoms. The van der Waals surface area contributed by atoms with Crippen molar-refractivity contribution in [2.24, 2.45) is 0 Å². The molecule has 2 aromatic carbocycles. The van der Waals surface area contributed by atoms with E-state index in [1.54, 1.807) is 0 Å². The highest BCUT2D eigenvalue weighted by molar-refractivity contribution is 5.38. The molecule has 0 fully saturated rings. The molecule has 0 radical (unpaired) electrons. The number of aliphatic hydroxyl groups excluding tert-OH is 1. The lowest BCUT2D eigenvalue weighted by Crippen LogP contribution is -2.01. The first-order valence-electron chi connectivity index (χ1n) is 6.80. The Bertz CT molecular complexity index is 523. The van der Waals surface area contributed by atoms with Gasteiger partial charge in [0.2, 0.25) is 0 Å². The van der Waals surface area contributed by atoms with Gasteiger partial charge in [-0.2, -0.15) is 0 Å². The van der Waals surface area contributed by atoms with Gasteiger partial charge in [0.1, 0.15) is 18.1 Å². The fourth-order valence-corrected chi connectivity index (χ4v) is 1.88. The summed E-state index contributed by atoms with van der Waals surface area (Å²) in [5.74, 6) is 1.58. The number of aryl methyl sites for hydroxylation is 1. The Labute approximate surface area is 119 Å². The number of rotatable bonds is 7. The minimum Gasteiger partial charge on any atom is -0.493 e. The minimum atomic E-state index is 0.142. The third-order valence-corrected chi connectivity index (χ3v) is 2.84. The lowest BCUT2D eigenvalue weighted by atomic mass is 10.2. The third-order valence-electron chi connectivity index (χ3n) is 2.84. The molecule has 0 saturated carbocycles. The highest BCUT2D eigenvalue weighted by atomic mass is 16.5. The van der Waals surface area contributed by atoms with Crippen molar-refractivity contribution >= 4 is 0 Å². The maximum atomic E-state index is 8.76. The van der Waals surface area contributed by atoms with Crippen molar-refractivity contribution in [2.75, 3.05) is 13.2 Å². The van der Waals surface area contributed by atoms with E-state index in [-0.39, 0.29) is 6.61 Å². The minimum absolute atomic E-state index is 0.142. The first kappa shape index (κ1) is 14.4. The number of hydrogen-bond donors (Lipinski definition) is 1. The summed E-state index contributed by atoms with van der Waals surface area (Å²) in [5.41, 5.74) is 2.23. The zero-order valence-electron chi connectivity index (χ0n) is 11.7. The summed E-state index contributed by atoms with van der Waals surface area (Å²) in [5, 5.41) is 8.76. The summed E-state index contributed by atoms with van der Waals surface area (Å²) in [6, 6.07) is 15.9. The van der Waals surface area contributed by atoms with E-state index in [0.717, 1.165) is 22.6 Å².